The highest BCUT2D eigenvalue weighted by molar-refractivity contribution is 5.72. The van der Waals surface area contributed by atoms with Crippen LogP contribution in [0.15, 0.2) is 53.6 Å². The molecule has 0 unspecified atom stereocenters. The van der Waals surface area contributed by atoms with Crippen LogP contribution in [0.25, 0.3) is 16.9 Å². The molecule has 2 aromatic heterocycles. The number of ether oxygens (including phenoxy) is 1. The van der Waals surface area contributed by atoms with Gasteiger partial charge in [-0.25, -0.2) is 14.4 Å². The van der Waals surface area contributed by atoms with Crippen LogP contribution in [0.4, 0.5) is 10.3 Å². The number of rotatable bonds is 5. The Morgan fingerprint density at radius 1 is 1.19 bits per heavy atom. The highest BCUT2D eigenvalue weighted by Crippen LogP contribution is 2.28. The van der Waals surface area contributed by atoms with Gasteiger partial charge in [0.15, 0.2) is 5.82 Å². The first-order chi connectivity index (χ1) is 15.4. The molecule has 1 fully saturated rings. The van der Waals surface area contributed by atoms with Gasteiger partial charge in [-0.2, -0.15) is 0 Å². The zero-order valence-electron chi connectivity index (χ0n) is 18.0. The number of pyridine rings is 1. The van der Waals surface area contributed by atoms with Gasteiger partial charge in [-0.05, 0) is 50.3 Å². The van der Waals surface area contributed by atoms with Gasteiger partial charge in [0.05, 0.1) is 19.2 Å². The zero-order chi connectivity index (χ0) is 22.7. The van der Waals surface area contributed by atoms with E-state index in [1.54, 1.807) is 36.5 Å². The molecule has 1 saturated carbocycles. The SMILES string of the molecule is COC(=O)[C@H]1CC[C@H](Nc2ncc(F)c(-c3cccc(-n4cc(C)ccc4=O)c3)n2)CC1. The van der Waals surface area contributed by atoms with Crippen molar-refractivity contribution >= 4 is 11.9 Å². The minimum atomic E-state index is -0.543. The van der Waals surface area contributed by atoms with Crippen molar-refractivity contribution in [2.75, 3.05) is 12.4 Å². The number of halogens is 1. The van der Waals surface area contributed by atoms with E-state index in [2.05, 4.69) is 15.3 Å². The fraction of sp³-hybridized carbons (Fsp3) is 0.333. The number of methoxy groups -OCH3 is 1. The molecule has 8 heteroatoms. The number of hydrogen-bond acceptors (Lipinski definition) is 6. The lowest BCUT2D eigenvalue weighted by Crippen LogP contribution is -2.30. The summed E-state index contributed by atoms with van der Waals surface area (Å²) in [4.78, 5) is 32.5. The minimum Gasteiger partial charge on any atom is -0.469 e. The van der Waals surface area contributed by atoms with E-state index in [4.69, 9.17) is 4.74 Å². The molecule has 2 heterocycles. The maximum absolute atomic E-state index is 14.6. The topological polar surface area (TPSA) is 86.1 Å². The molecule has 0 aliphatic heterocycles. The summed E-state index contributed by atoms with van der Waals surface area (Å²) in [5, 5.41) is 3.26. The molecular weight excluding hydrogens is 411 g/mol. The van der Waals surface area contributed by atoms with Crippen LogP contribution in [0, 0.1) is 18.7 Å². The maximum atomic E-state index is 14.6. The summed E-state index contributed by atoms with van der Waals surface area (Å²) in [5.41, 5.74) is 2.11. The van der Waals surface area contributed by atoms with Gasteiger partial charge in [-0.3, -0.25) is 14.2 Å². The number of nitrogens with zero attached hydrogens (tertiary/aromatic N) is 3. The first-order valence-electron chi connectivity index (χ1n) is 10.6. The molecule has 0 amide bonds. The molecule has 1 aliphatic carbocycles. The fourth-order valence-corrected chi connectivity index (χ4v) is 4.06. The van der Waals surface area contributed by atoms with Crippen LogP contribution < -0.4 is 10.9 Å². The molecule has 0 radical (unpaired) electrons. The molecular formula is C24H25FN4O3. The van der Waals surface area contributed by atoms with Crippen molar-refractivity contribution < 1.29 is 13.9 Å². The number of anilines is 1. The van der Waals surface area contributed by atoms with Crippen molar-refractivity contribution in [1.29, 1.82) is 0 Å². The number of aryl methyl sites for hydroxylation is 1. The number of aromatic nitrogens is 3. The number of carbonyl (C=O) groups excluding carboxylic acids is 1. The fourth-order valence-electron chi connectivity index (χ4n) is 4.06. The zero-order valence-corrected chi connectivity index (χ0v) is 18.0. The van der Waals surface area contributed by atoms with E-state index >= 15 is 0 Å². The van der Waals surface area contributed by atoms with Crippen LogP contribution in [0.1, 0.15) is 31.2 Å². The summed E-state index contributed by atoms with van der Waals surface area (Å²) in [6, 6.07) is 10.4. The van der Waals surface area contributed by atoms with E-state index in [1.807, 2.05) is 6.92 Å². The van der Waals surface area contributed by atoms with E-state index in [9.17, 15) is 14.0 Å². The van der Waals surface area contributed by atoms with E-state index in [0.717, 1.165) is 37.4 Å². The second-order valence-electron chi connectivity index (χ2n) is 8.07. The van der Waals surface area contributed by atoms with Gasteiger partial charge in [-0.15, -0.1) is 0 Å². The Morgan fingerprint density at radius 2 is 1.97 bits per heavy atom. The van der Waals surface area contributed by atoms with Crippen molar-refractivity contribution in [2.24, 2.45) is 5.92 Å². The molecule has 1 aromatic carbocycles. The Morgan fingerprint density at radius 3 is 2.72 bits per heavy atom. The average Bonchev–Trinajstić information content (AvgIpc) is 2.82. The van der Waals surface area contributed by atoms with Crippen LogP contribution in [0.5, 0.6) is 0 Å². The Hall–Kier alpha value is -3.55. The number of nitrogens with one attached hydrogen (secondary N) is 1. The number of benzene rings is 1. The van der Waals surface area contributed by atoms with Gasteiger partial charge >= 0.3 is 5.97 Å². The van der Waals surface area contributed by atoms with Crippen LogP contribution in [-0.4, -0.2) is 33.7 Å². The van der Waals surface area contributed by atoms with Gasteiger partial charge in [0, 0.05) is 29.6 Å². The third kappa shape index (κ3) is 4.69. The lowest BCUT2D eigenvalue weighted by molar-refractivity contribution is -0.146. The molecule has 1 aliphatic rings. The smallest absolute Gasteiger partial charge is 0.308 e. The molecule has 7 nitrogen and oxygen atoms in total. The summed E-state index contributed by atoms with van der Waals surface area (Å²) in [6.07, 6.45) is 5.91. The lowest BCUT2D eigenvalue weighted by atomic mass is 9.86. The second kappa shape index (κ2) is 9.30. The van der Waals surface area contributed by atoms with Crippen LogP contribution in [-0.2, 0) is 9.53 Å². The molecule has 32 heavy (non-hydrogen) atoms. The molecule has 1 N–H and O–H groups in total. The van der Waals surface area contributed by atoms with E-state index in [1.165, 1.54) is 17.7 Å². The predicted octanol–water partition coefficient (Wildman–Crippen LogP) is 3.89. The minimum absolute atomic E-state index is 0.0736. The molecule has 3 aromatic rings. The third-order valence-corrected chi connectivity index (χ3v) is 5.80. The quantitative estimate of drug-likeness (QED) is 0.611. The van der Waals surface area contributed by atoms with E-state index in [-0.39, 0.29) is 29.2 Å². The maximum Gasteiger partial charge on any atom is 0.308 e. The van der Waals surface area contributed by atoms with E-state index in [0.29, 0.717) is 17.2 Å². The second-order valence-corrected chi connectivity index (χ2v) is 8.07. The summed E-state index contributed by atoms with van der Waals surface area (Å²) in [5.74, 6) is -0.452. The number of carbonyl (C=O) groups is 1. The van der Waals surface area contributed by atoms with Crippen molar-refractivity contribution in [3.63, 3.8) is 0 Å². The van der Waals surface area contributed by atoms with Crippen molar-refractivity contribution in [3.8, 4) is 16.9 Å². The molecule has 4 rings (SSSR count). The Bertz CT molecular complexity index is 1190. The summed E-state index contributed by atoms with van der Waals surface area (Å²) in [7, 11) is 1.41. The summed E-state index contributed by atoms with van der Waals surface area (Å²) < 4.78 is 21.0. The molecule has 0 atom stereocenters. The van der Waals surface area contributed by atoms with Gasteiger partial charge in [0.1, 0.15) is 5.69 Å². The van der Waals surface area contributed by atoms with Crippen molar-refractivity contribution in [1.82, 2.24) is 14.5 Å². The molecule has 0 bridgehead atoms. The third-order valence-electron chi connectivity index (χ3n) is 5.80. The van der Waals surface area contributed by atoms with Crippen LogP contribution in [0.2, 0.25) is 0 Å². The summed E-state index contributed by atoms with van der Waals surface area (Å²) in [6.45, 7) is 1.90. The van der Waals surface area contributed by atoms with Gasteiger partial charge in [0.25, 0.3) is 5.56 Å². The Balaban J connectivity index is 1.56. The number of esters is 1. The van der Waals surface area contributed by atoms with Crippen LogP contribution >= 0.6 is 0 Å². The Labute approximate surface area is 185 Å². The predicted molar refractivity (Wildman–Crippen MR) is 119 cm³/mol. The Kier molecular flexibility index (Phi) is 6.30. The largest absolute Gasteiger partial charge is 0.469 e. The monoisotopic (exact) mass is 436 g/mol. The number of hydrogen-bond donors (Lipinski definition) is 1. The average molecular weight is 436 g/mol. The van der Waals surface area contributed by atoms with Crippen molar-refractivity contribution in [3.05, 3.63) is 70.5 Å². The molecule has 0 spiro atoms. The first kappa shape index (κ1) is 21.7. The van der Waals surface area contributed by atoms with E-state index < -0.39 is 5.82 Å². The van der Waals surface area contributed by atoms with Crippen molar-refractivity contribution in [2.45, 2.75) is 38.6 Å². The summed E-state index contributed by atoms with van der Waals surface area (Å²) >= 11 is 0. The molecule has 0 saturated heterocycles. The van der Waals surface area contributed by atoms with Gasteiger partial charge in [0.2, 0.25) is 5.95 Å². The molecule has 166 valence electrons. The standard InChI is InChI=1S/C24H25FN4O3/c1-15-6-11-21(30)29(14-15)19-5-3-4-17(12-19)22-20(25)13-26-24(28-22)27-18-9-7-16(8-10-18)23(31)32-2/h3-6,11-14,16,18H,7-10H2,1-2H3,(H,26,27,28)/t16-,18-. The first-order valence-corrected chi connectivity index (χ1v) is 10.6. The highest BCUT2D eigenvalue weighted by atomic mass is 19.1. The highest BCUT2D eigenvalue weighted by Gasteiger charge is 2.27. The van der Waals surface area contributed by atoms with Crippen LogP contribution in [0.3, 0.4) is 0 Å². The van der Waals surface area contributed by atoms with Gasteiger partial charge < -0.3 is 10.1 Å². The normalized spacial score (nSPS) is 18.2. The van der Waals surface area contributed by atoms with Gasteiger partial charge in [-0.1, -0.05) is 18.2 Å². The lowest BCUT2D eigenvalue weighted by Gasteiger charge is -2.27.